The molecule has 1 aromatic rings. The van der Waals surface area contributed by atoms with Crippen molar-refractivity contribution in [1.29, 1.82) is 5.41 Å². The monoisotopic (exact) mass is 376 g/mol. The van der Waals surface area contributed by atoms with Crippen LogP contribution in [-0.4, -0.2) is 31.0 Å². The number of anilines is 1. The first-order valence-corrected chi connectivity index (χ1v) is 7.14. The Morgan fingerprint density at radius 1 is 1.04 bits per heavy atom. The van der Waals surface area contributed by atoms with Crippen molar-refractivity contribution in [3.8, 4) is 11.5 Å². The molecular formula is C13H14Cl2N4O5. The molecule has 0 aliphatic rings. The number of ether oxygens (including phenoxy) is 2. The Balaban J connectivity index is 3.28. The van der Waals surface area contributed by atoms with E-state index in [1.165, 1.54) is 7.05 Å². The van der Waals surface area contributed by atoms with E-state index in [9.17, 15) is 14.4 Å². The molecule has 24 heavy (non-hydrogen) atoms. The van der Waals surface area contributed by atoms with Gasteiger partial charge in [-0.05, 0) is 0 Å². The predicted molar refractivity (Wildman–Crippen MR) is 88.0 cm³/mol. The van der Waals surface area contributed by atoms with E-state index in [4.69, 9.17) is 38.1 Å². The van der Waals surface area contributed by atoms with Crippen LogP contribution in [0.5, 0.6) is 11.5 Å². The van der Waals surface area contributed by atoms with Gasteiger partial charge >= 0.3 is 18.0 Å². The molecule has 11 heteroatoms. The highest BCUT2D eigenvalue weighted by atomic mass is 35.5. The zero-order chi connectivity index (χ0) is 18.4. The van der Waals surface area contributed by atoms with Gasteiger partial charge in [-0.3, -0.25) is 20.3 Å². The molecule has 1 aromatic carbocycles. The van der Waals surface area contributed by atoms with Gasteiger partial charge in [0.15, 0.2) is 17.5 Å². The molecule has 0 bridgehead atoms. The summed E-state index contributed by atoms with van der Waals surface area (Å²) in [5, 5.41) is 13.8. The van der Waals surface area contributed by atoms with E-state index in [0.29, 0.717) is 0 Å². The normalized spacial score (nSPS) is 9.71. The minimum atomic E-state index is -0.841. The van der Waals surface area contributed by atoms with Crippen LogP contribution in [0.4, 0.5) is 10.5 Å². The molecule has 4 N–H and O–H groups in total. The number of amides is 2. The summed E-state index contributed by atoms with van der Waals surface area (Å²) in [6, 6.07) is 0.304. The molecule has 0 spiro atoms. The fraction of sp³-hybridized carbons (Fsp3) is 0.231. The van der Waals surface area contributed by atoms with Crippen LogP contribution >= 0.6 is 23.2 Å². The number of halogens is 2. The summed E-state index contributed by atoms with van der Waals surface area (Å²) < 4.78 is 9.80. The van der Waals surface area contributed by atoms with Gasteiger partial charge < -0.3 is 20.1 Å². The summed E-state index contributed by atoms with van der Waals surface area (Å²) >= 11 is 12.1. The van der Waals surface area contributed by atoms with Crippen molar-refractivity contribution in [2.45, 2.75) is 13.8 Å². The highest BCUT2D eigenvalue weighted by Gasteiger charge is 2.21. The molecule has 0 aliphatic carbocycles. The van der Waals surface area contributed by atoms with Gasteiger partial charge in [0, 0.05) is 27.0 Å². The van der Waals surface area contributed by atoms with E-state index in [1.54, 1.807) is 0 Å². The molecule has 2 amide bonds. The van der Waals surface area contributed by atoms with Crippen molar-refractivity contribution in [1.82, 2.24) is 10.6 Å². The zero-order valence-corrected chi connectivity index (χ0v) is 14.4. The standard InChI is InChI=1S/C13H14Cl2N4O5/c1-5(20)23-7-4-8(24-6(2)21)10(15)11(9(7)14)18-13(22)19-12(16)17-3/h4H,1-3H3,(H4,16,17,18,19,22). The second kappa shape index (κ2) is 8.37. The number of urea groups is 1. The molecule has 0 heterocycles. The molecule has 130 valence electrons. The first-order chi connectivity index (χ1) is 11.1. The lowest BCUT2D eigenvalue weighted by molar-refractivity contribution is -0.132. The summed E-state index contributed by atoms with van der Waals surface area (Å²) in [6.45, 7) is 2.29. The first-order valence-electron chi connectivity index (χ1n) is 6.38. The van der Waals surface area contributed by atoms with Gasteiger partial charge in [-0.2, -0.15) is 0 Å². The van der Waals surface area contributed by atoms with E-state index in [1.807, 2.05) is 0 Å². The van der Waals surface area contributed by atoms with Crippen molar-refractivity contribution in [3.05, 3.63) is 16.1 Å². The summed E-state index contributed by atoms with van der Waals surface area (Å²) in [7, 11) is 1.43. The third kappa shape index (κ3) is 5.28. The average molecular weight is 377 g/mol. The van der Waals surface area contributed by atoms with Gasteiger partial charge in [-0.15, -0.1) is 0 Å². The van der Waals surface area contributed by atoms with Gasteiger partial charge in [0.2, 0.25) is 0 Å². The molecule has 0 saturated heterocycles. The van der Waals surface area contributed by atoms with E-state index >= 15 is 0 Å². The predicted octanol–water partition coefficient (Wildman–Crippen LogP) is 2.12. The highest BCUT2D eigenvalue weighted by molar-refractivity contribution is 6.41. The van der Waals surface area contributed by atoms with E-state index in [2.05, 4.69) is 16.0 Å². The molecule has 0 unspecified atom stereocenters. The zero-order valence-electron chi connectivity index (χ0n) is 12.9. The second-order valence-corrected chi connectivity index (χ2v) is 5.02. The topological polar surface area (TPSA) is 130 Å². The van der Waals surface area contributed by atoms with Crippen LogP contribution in [0, 0.1) is 5.41 Å². The number of hydrogen-bond donors (Lipinski definition) is 4. The molecule has 9 nitrogen and oxygen atoms in total. The number of nitrogens with one attached hydrogen (secondary N) is 4. The Morgan fingerprint density at radius 2 is 1.50 bits per heavy atom. The lowest BCUT2D eigenvalue weighted by Gasteiger charge is -2.16. The summed E-state index contributed by atoms with van der Waals surface area (Å²) in [5.74, 6) is -1.97. The summed E-state index contributed by atoms with van der Waals surface area (Å²) in [4.78, 5) is 34.1. The number of carbonyl (C=O) groups is 3. The van der Waals surface area contributed by atoms with Crippen molar-refractivity contribution in [2.75, 3.05) is 12.4 Å². The fourth-order valence-corrected chi connectivity index (χ4v) is 2.00. The Kier molecular flexibility index (Phi) is 6.81. The molecule has 0 atom stereocenters. The van der Waals surface area contributed by atoms with Crippen LogP contribution in [0.1, 0.15) is 13.8 Å². The van der Waals surface area contributed by atoms with Crippen molar-refractivity contribution in [2.24, 2.45) is 0 Å². The van der Waals surface area contributed by atoms with Gasteiger partial charge in [-0.1, -0.05) is 23.2 Å². The molecular weight excluding hydrogens is 363 g/mol. The van der Waals surface area contributed by atoms with Crippen LogP contribution in [0.2, 0.25) is 10.0 Å². The quantitative estimate of drug-likeness (QED) is 0.276. The Hall–Kier alpha value is -2.52. The number of esters is 2. The average Bonchev–Trinajstić information content (AvgIpc) is 2.47. The summed E-state index contributed by atoms with van der Waals surface area (Å²) in [6.07, 6.45) is 0. The third-order valence-electron chi connectivity index (χ3n) is 2.37. The lowest BCUT2D eigenvalue weighted by atomic mass is 10.2. The lowest BCUT2D eigenvalue weighted by Crippen LogP contribution is -2.40. The molecule has 0 fully saturated rings. The van der Waals surface area contributed by atoms with Gasteiger partial charge in [-0.25, -0.2) is 4.79 Å². The van der Waals surface area contributed by atoms with Crippen molar-refractivity contribution >= 4 is 52.8 Å². The largest absolute Gasteiger partial charge is 0.425 e. The van der Waals surface area contributed by atoms with Crippen molar-refractivity contribution < 1.29 is 23.9 Å². The molecule has 1 rings (SSSR count). The number of rotatable bonds is 3. The van der Waals surface area contributed by atoms with Crippen LogP contribution in [-0.2, 0) is 9.59 Å². The Morgan fingerprint density at radius 3 is 1.88 bits per heavy atom. The Labute approximate surface area is 147 Å². The SMILES string of the molecule is CNC(=N)NC(=O)Nc1c(Cl)c(OC(C)=O)cc(OC(C)=O)c1Cl. The maximum Gasteiger partial charge on any atom is 0.326 e. The second-order valence-electron chi connectivity index (χ2n) is 4.27. The molecule has 0 saturated carbocycles. The number of benzene rings is 1. The van der Waals surface area contributed by atoms with Gasteiger partial charge in [0.1, 0.15) is 10.0 Å². The van der Waals surface area contributed by atoms with Crippen LogP contribution in [0.25, 0.3) is 0 Å². The highest BCUT2D eigenvalue weighted by Crippen LogP contribution is 2.44. The van der Waals surface area contributed by atoms with E-state index in [0.717, 1.165) is 19.9 Å². The van der Waals surface area contributed by atoms with E-state index in [-0.39, 0.29) is 33.2 Å². The third-order valence-corrected chi connectivity index (χ3v) is 3.12. The first kappa shape index (κ1) is 19.5. The molecule has 0 aliphatic heterocycles. The molecule has 0 radical (unpaired) electrons. The minimum absolute atomic E-state index is 0.158. The van der Waals surface area contributed by atoms with Crippen LogP contribution in [0.15, 0.2) is 6.07 Å². The minimum Gasteiger partial charge on any atom is -0.425 e. The summed E-state index contributed by atoms with van der Waals surface area (Å²) in [5.41, 5.74) is -0.158. The smallest absolute Gasteiger partial charge is 0.326 e. The Bertz CT molecular complexity index is 668. The van der Waals surface area contributed by atoms with Gasteiger partial charge in [0.05, 0.1) is 5.69 Å². The van der Waals surface area contributed by atoms with E-state index < -0.39 is 18.0 Å². The maximum atomic E-state index is 11.8. The fourth-order valence-electron chi connectivity index (χ4n) is 1.48. The molecule has 0 aromatic heterocycles. The maximum absolute atomic E-state index is 11.8. The van der Waals surface area contributed by atoms with Crippen LogP contribution in [0.3, 0.4) is 0 Å². The number of hydrogen-bond acceptors (Lipinski definition) is 6. The number of carbonyl (C=O) groups excluding carboxylic acids is 3. The van der Waals surface area contributed by atoms with Crippen LogP contribution < -0.4 is 25.4 Å². The van der Waals surface area contributed by atoms with Gasteiger partial charge in [0.25, 0.3) is 0 Å². The van der Waals surface area contributed by atoms with Crippen molar-refractivity contribution in [3.63, 3.8) is 0 Å². The number of guanidine groups is 1.